The van der Waals surface area contributed by atoms with E-state index in [1.165, 1.54) is 0 Å². The van der Waals surface area contributed by atoms with Crippen LogP contribution in [0.3, 0.4) is 0 Å². The molecule has 1 heterocycles. The highest BCUT2D eigenvalue weighted by atomic mass is 16.4. The molecule has 0 radical (unpaired) electrons. The smallest absolute Gasteiger partial charge is 0.337 e. The molecule has 0 saturated heterocycles. The molecule has 1 aromatic heterocycles. The summed E-state index contributed by atoms with van der Waals surface area (Å²) in [5.41, 5.74) is -0.219. The minimum absolute atomic E-state index is 0.403. The molecule has 122 valence electrons. The van der Waals surface area contributed by atoms with Gasteiger partial charge in [0.05, 0.1) is 6.54 Å². The van der Waals surface area contributed by atoms with Crippen LogP contribution in [0.1, 0.15) is 31.6 Å². The van der Waals surface area contributed by atoms with Crippen molar-refractivity contribution in [3.63, 3.8) is 0 Å². The summed E-state index contributed by atoms with van der Waals surface area (Å²) in [4.78, 5) is 26.9. The Kier molecular flexibility index (Phi) is 3.69. The molecule has 1 aromatic carbocycles. The number of anilines is 1. The van der Waals surface area contributed by atoms with Gasteiger partial charge in [0.1, 0.15) is 5.52 Å². The average molecular weight is 319 g/mol. The second-order valence-corrected chi connectivity index (χ2v) is 5.90. The van der Waals surface area contributed by atoms with Crippen LogP contribution in [0.4, 0.5) is 10.5 Å². The van der Waals surface area contributed by atoms with Gasteiger partial charge in [-0.05, 0) is 31.9 Å². The number of nitrogens with one attached hydrogen (secondary N) is 2. The molecule has 1 unspecified atom stereocenters. The third-order valence-corrected chi connectivity index (χ3v) is 3.64. The predicted octanol–water partition coefficient (Wildman–Crippen LogP) is 1.66. The molecular weight excluding hydrogens is 302 g/mol. The SMILES string of the molecule is CC(O)(CNC(=O)Nc1ccc2nc(C3CC3)oc2c1)C(=O)O. The number of hydrogen-bond acceptors (Lipinski definition) is 5. The van der Waals surface area contributed by atoms with E-state index in [-0.39, 0.29) is 0 Å². The fourth-order valence-corrected chi connectivity index (χ4v) is 2.03. The molecule has 1 saturated carbocycles. The summed E-state index contributed by atoms with van der Waals surface area (Å²) in [5, 5.41) is 23.2. The maximum Gasteiger partial charge on any atom is 0.337 e. The third kappa shape index (κ3) is 3.42. The standard InChI is InChI=1S/C15H17N3O5/c1-15(22,13(19)20)7-16-14(21)17-9-4-5-10-11(6-9)23-12(18-10)8-2-3-8/h4-6,8,22H,2-3,7H2,1H3,(H,19,20)(H2,16,17,21). The Hall–Kier alpha value is -2.61. The molecule has 1 aliphatic rings. The normalized spacial score (nSPS) is 16.8. The Morgan fingerprint density at radius 3 is 2.83 bits per heavy atom. The number of aromatic nitrogens is 1. The number of nitrogens with zero attached hydrogens (tertiary/aromatic N) is 1. The summed E-state index contributed by atoms with van der Waals surface area (Å²) in [7, 11) is 0. The molecule has 1 atom stereocenters. The lowest BCUT2D eigenvalue weighted by Gasteiger charge is -2.18. The van der Waals surface area contributed by atoms with Crippen molar-refractivity contribution in [3.05, 3.63) is 24.1 Å². The van der Waals surface area contributed by atoms with Crippen molar-refractivity contribution in [1.82, 2.24) is 10.3 Å². The van der Waals surface area contributed by atoms with Gasteiger partial charge in [-0.3, -0.25) is 0 Å². The molecular formula is C15H17N3O5. The van der Waals surface area contributed by atoms with E-state index >= 15 is 0 Å². The van der Waals surface area contributed by atoms with Gasteiger partial charge in [-0.25, -0.2) is 14.6 Å². The van der Waals surface area contributed by atoms with Gasteiger partial charge in [0, 0.05) is 17.7 Å². The second kappa shape index (κ2) is 5.54. The Labute approximate surface area is 131 Å². The number of aliphatic carboxylic acids is 1. The monoisotopic (exact) mass is 319 g/mol. The number of hydrogen-bond donors (Lipinski definition) is 4. The first-order valence-electron chi connectivity index (χ1n) is 7.26. The largest absolute Gasteiger partial charge is 0.479 e. The van der Waals surface area contributed by atoms with E-state index in [9.17, 15) is 14.7 Å². The van der Waals surface area contributed by atoms with Crippen molar-refractivity contribution < 1.29 is 24.2 Å². The van der Waals surface area contributed by atoms with Gasteiger partial charge in [-0.15, -0.1) is 0 Å². The first-order valence-corrected chi connectivity index (χ1v) is 7.26. The lowest BCUT2D eigenvalue weighted by atomic mass is 10.1. The second-order valence-electron chi connectivity index (χ2n) is 5.90. The number of aliphatic hydroxyl groups is 1. The van der Waals surface area contributed by atoms with Crippen molar-refractivity contribution in [2.24, 2.45) is 0 Å². The molecule has 2 aromatic rings. The van der Waals surface area contributed by atoms with Gasteiger partial charge < -0.3 is 25.3 Å². The van der Waals surface area contributed by atoms with E-state index in [0.29, 0.717) is 17.2 Å². The zero-order valence-electron chi connectivity index (χ0n) is 12.5. The lowest BCUT2D eigenvalue weighted by Crippen LogP contribution is -2.47. The van der Waals surface area contributed by atoms with Crippen LogP contribution < -0.4 is 10.6 Å². The Morgan fingerprint density at radius 2 is 2.17 bits per heavy atom. The number of amides is 2. The molecule has 1 aliphatic carbocycles. The highest BCUT2D eigenvalue weighted by Crippen LogP contribution is 2.40. The van der Waals surface area contributed by atoms with Crippen molar-refractivity contribution in [2.75, 3.05) is 11.9 Å². The van der Waals surface area contributed by atoms with Gasteiger partial charge in [0.25, 0.3) is 0 Å². The zero-order valence-corrected chi connectivity index (χ0v) is 12.5. The third-order valence-electron chi connectivity index (χ3n) is 3.64. The van der Waals surface area contributed by atoms with Gasteiger partial charge in [-0.2, -0.15) is 0 Å². The van der Waals surface area contributed by atoms with Gasteiger partial charge in [0.15, 0.2) is 17.1 Å². The molecule has 2 amide bonds. The highest BCUT2D eigenvalue weighted by molar-refractivity contribution is 5.92. The maximum atomic E-state index is 11.8. The summed E-state index contributed by atoms with van der Waals surface area (Å²) >= 11 is 0. The van der Waals surface area contributed by atoms with Gasteiger partial charge >= 0.3 is 12.0 Å². The molecule has 3 rings (SSSR count). The van der Waals surface area contributed by atoms with Crippen molar-refractivity contribution in [1.29, 1.82) is 0 Å². The molecule has 4 N–H and O–H groups in total. The number of rotatable bonds is 5. The van der Waals surface area contributed by atoms with Crippen LogP contribution in [-0.4, -0.2) is 39.3 Å². The van der Waals surface area contributed by atoms with Crippen LogP contribution in [-0.2, 0) is 4.79 Å². The van der Waals surface area contributed by atoms with E-state index in [1.807, 2.05) is 0 Å². The van der Waals surface area contributed by atoms with E-state index in [2.05, 4.69) is 15.6 Å². The van der Waals surface area contributed by atoms with E-state index in [0.717, 1.165) is 31.2 Å². The van der Waals surface area contributed by atoms with Crippen LogP contribution in [0, 0.1) is 0 Å². The van der Waals surface area contributed by atoms with Crippen LogP contribution in [0.15, 0.2) is 22.6 Å². The summed E-state index contributed by atoms with van der Waals surface area (Å²) in [6, 6.07) is 4.46. The number of carbonyl (C=O) groups is 2. The molecule has 0 spiro atoms. The predicted molar refractivity (Wildman–Crippen MR) is 81.3 cm³/mol. The summed E-state index contributed by atoms with van der Waals surface area (Å²) in [5.74, 6) is -0.284. The van der Waals surface area contributed by atoms with Crippen LogP contribution in [0.2, 0.25) is 0 Å². The maximum absolute atomic E-state index is 11.8. The Bertz CT molecular complexity index is 764. The molecule has 0 aliphatic heterocycles. The molecule has 23 heavy (non-hydrogen) atoms. The first kappa shape index (κ1) is 15.3. The fourth-order valence-electron chi connectivity index (χ4n) is 2.03. The van der Waals surface area contributed by atoms with Crippen molar-refractivity contribution in [3.8, 4) is 0 Å². The van der Waals surface area contributed by atoms with E-state index in [4.69, 9.17) is 9.52 Å². The first-order chi connectivity index (χ1) is 10.8. The molecule has 8 nitrogen and oxygen atoms in total. The average Bonchev–Trinajstić information content (AvgIpc) is 3.25. The number of oxazole rings is 1. The van der Waals surface area contributed by atoms with Crippen LogP contribution >= 0.6 is 0 Å². The topological polar surface area (TPSA) is 125 Å². The minimum atomic E-state index is -2.02. The number of fused-ring (bicyclic) bond motifs is 1. The van der Waals surface area contributed by atoms with Crippen molar-refractivity contribution in [2.45, 2.75) is 31.3 Å². The molecule has 8 heteroatoms. The number of benzene rings is 1. The fraction of sp³-hybridized carbons (Fsp3) is 0.400. The summed E-state index contributed by atoms with van der Waals surface area (Å²) < 4.78 is 5.66. The molecule has 1 fully saturated rings. The highest BCUT2D eigenvalue weighted by Gasteiger charge is 2.30. The van der Waals surface area contributed by atoms with Gasteiger partial charge in [0.2, 0.25) is 0 Å². The molecule has 0 bridgehead atoms. The van der Waals surface area contributed by atoms with E-state index < -0.39 is 24.1 Å². The number of carboxylic acid groups (broad SMARTS) is 1. The summed E-state index contributed by atoms with van der Waals surface area (Å²) in [6.07, 6.45) is 2.17. The Morgan fingerprint density at radius 1 is 1.43 bits per heavy atom. The minimum Gasteiger partial charge on any atom is -0.479 e. The summed E-state index contributed by atoms with van der Waals surface area (Å²) in [6.45, 7) is 0.695. The Balaban J connectivity index is 1.64. The number of carboxylic acids is 1. The van der Waals surface area contributed by atoms with E-state index in [1.54, 1.807) is 18.2 Å². The quantitative estimate of drug-likeness (QED) is 0.664. The number of carbonyl (C=O) groups excluding carboxylic acids is 1. The van der Waals surface area contributed by atoms with Crippen molar-refractivity contribution >= 4 is 28.8 Å². The van der Waals surface area contributed by atoms with Gasteiger partial charge in [-0.1, -0.05) is 0 Å². The van der Waals surface area contributed by atoms with Crippen LogP contribution in [0.25, 0.3) is 11.1 Å². The van der Waals surface area contributed by atoms with Crippen LogP contribution in [0.5, 0.6) is 0 Å². The lowest BCUT2D eigenvalue weighted by molar-refractivity contribution is -0.155. The zero-order chi connectivity index (χ0) is 16.6. The number of urea groups is 1.